The van der Waals surface area contributed by atoms with Gasteiger partial charge in [0, 0.05) is 6.54 Å². The van der Waals surface area contributed by atoms with Crippen molar-refractivity contribution in [3.05, 3.63) is 23.9 Å². The van der Waals surface area contributed by atoms with E-state index in [1.165, 1.54) is 7.11 Å². The van der Waals surface area contributed by atoms with E-state index in [4.69, 9.17) is 0 Å². The number of hydrogen-bond donors (Lipinski definition) is 1. The molecule has 1 heterocycles. The summed E-state index contributed by atoms with van der Waals surface area (Å²) in [5.74, 6) is 0.306. The molecule has 0 aliphatic carbocycles. The van der Waals surface area contributed by atoms with Crippen LogP contribution in [-0.4, -0.2) is 24.6 Å². The molecule has 1 N–H and O–H groups in total. The smallest absolute Gasteiger partial charge is 0.356 e. The third kappa shape index (κ3) is 3.58. The molecule has 0 aliphatic heterocycles. The van der Waals surface area contributed by atoms with E-state index < -0.39 is 5.97 Å². The van der Waals surface area contributed by atoms with Crippen molar-refractivity contribution >= 4 is 11.8 Å². The van der Waals surface area contributed by atoms with E-state index in [-0.39, 0.29) is 0 Å². The van der Waals surface area contributed by atoms with Crippen LogP contribution in [0.4, 0.5) is 5.82 Å². The Balaban J connectivity index is 2.62. The molecule has 0 aliphatic rings. The lowest BCUT2D eigenvalue weighted by Gasteiger charge is -2.05. The molecule has 0 aromatic carbocycles. The van der Waals surface area contributed by atoms with Crippen molar-refractivity contribution in [2.24, 2.45) is 0 Å². The van der Waals surface area contributed by atoms with E-state index in [1.54, 1.807) is 12.1 Å². The zero-order valence-corrected chi connectivity index (χ0v) is 9.12. The number of esters is 1. The van der Waals surface area contributed by atoms with Gasteiger partial charge in [0.15, 0.2) is 5.69 Å². The Labute approximate surface area is 89.7 Å². The maximum absolute atomic E-state index is 11.2. The minimum absolute atomic E-state index is 0.332. The Kier molecular flexibility index (Phi) is 4.60. The molecule has 1 aromatic heterocycles. The molecule has 0 unspecified atom stereocenters. The molecule has 1 aromatic rings. The van der Waals surface area contributed by atoms with Crippen LogP contribution in [0, 0.1) is 0 Å². The summed E-state index contributed by atoms with van der Waals surface area (Å²) in [5.41, 5.74) is 0.332. The van der Waals surface area contributed by atoms with Crippen molar-refractivity contribution in [3.63, 3.8) is 0 Å². The van der Waals surface area contributed by atoms with Gasteiger partial charge in [0.1, 0.15) is 5.82 Å². The van der Waals surface area contributed by atoms with Gasteiger partial charge < -0.3 is 10.1 Å². The van der Waals surface area contributed by atoms with Crippen molar-refractivity contribution in [1.29, 1.82) is 0 Å². The number of carbonyl (C=O) groups excluding carboxylic acids is 1. The normalized spacial score (nSPS) is 9.73. The first-order chi connectivity index (χ1) is 7.27. The Bertz CT molecular complexity index is 326. The molecule has 0 fully saturated rings. The SMILES string of the molecule is CCCCNc1cccc(C(=O)OC)n1. The minimum Gasteiger partial charge on any atom is -0.464 e. The fourth-order valence-corrected chi connectivity index (χ4v) is 1.14. The fraction of sp³-hybridized carbons (Fsp3) is 0.455. The number of carbonyl (C=O) groups is 1. The summed E-state index contributed by atoms with van der Waals surface area (Å²) < 4.78 is 4.59. The van der Waals surface area contributed by atoms with Crippen molar-refractivity contribution in [2.75, 3.05) is 19.0 Å². The second-order valence-electron chi connectivity index (χ2n) is 3.18. The summed E-state index contributed by atoms with van der Waals surface area (Å²) in [7, 11) is 1.35. The Morgan fingerprint density at radius 1 is 1.53 bits per heavy atom. The molecule has 4 heteroatoms. The quantitative estimate of drug-likeness (QED) is 0.594. The van der Waals surface area contributed by atoms with Gasteiger partial charge in [-0.25, -0.2) is 9.78 Å². The van der Waals surface area contributed by atoms with Crippen molar-refractivity contribution in [1.82, 2.24) is 4.98 Å². The summed E-state index contributed by atoms with van der Waals surface area (Å²) in [5, 5.41) is 3.15. The zero-order chi connectivity index (χ0) is 11.1. The van der Waals surface area contributed by atoms with E-state index in [2.05, 4.69) is 22.0 Å². The largest absolute Gasteiger partial charge is 0.464 e. The molecule has 0 amide bonds. The number of hydrogen-bond acceptors (Lipinski definition) is 4. The lowest BCUT2D eigenvalue weighted by Crippen LogP contribution is -2.08. The second kappa shape index (κ2) is 6.01. The number of rotatable bonds is 5. The molecular formula is C11H16N2O2. The first-order valence-electron chi connectivity index (χ1n) is 5.07. The van der Waals surface area contributed by atoms with E-state index in [0.717, 1.165) is 19.4 Å². The molecule has 0 saturated carbocycles. The van der Waals surface area contributed by atoms with E-state index >= 15 is 0 Å². The number of pyridine rings is 1. The van der Waals surface area contributed by atoms with Gasteiger partial charge in [-0.1, -0.05) is 19.4 Å². The fourth-order valence-electron chi connectivity index (χ4n) is 1.14. The molecule has 82 valence electrons. The average Bonchev–Trinajstić information content (AvgIpc) is 2.29. The number of aromatic nitrogens is 1. The predicted octanol–water partition coefficient (Wildman–Crippen LogP) is 2.08. The maximum atomic E-state index is 11.2. The number of unbranched alkanes of at least 4 members (excludes halogenated alkanes) is 1. The van der Waals surface area contributed by atoms with Crippen LogP contribution in [0.2, 0.25) is 0 Å². The van der Waals surface area contributed by atoms with E-state index in [1.807, 2.05) is 6.07 Å². The summed E-state index contributed by atoms with van der Waals surface area (Å²) >= 11 is 0. The van der Waals surface area contributed by atoms with Crippen LogP contribution in [0.5, 0.6) is 0 Å². The standard InChI is InChI=1S/C11H16N2O2/c1-3-4-8-12-10-7-5-6-9(13-10)11(14)15-2/h5-7H,3-4,8H2,1-2H3,(H,12,13). The molecule has 0 saturated heterocycles. The zero-order valence-electron chi connectivity index (χ0n) is 9.12. The topological polar surface area (TPSA) is 51.2 Å². The molecule has 0 radical (unpaired) electrons. The minimum atomic E-state index is -0.408. The van der Waals surface area contributed by atoms with Crippen LogP contribution in [0.25, 0.3) is 0 Å². The number of nitrogens with one attached hydrogen (secondary N) is 1. The summed E-state index contributed by atoms with van der Waals surface area (Å²) in [6.07, 6.45) is 2.22. The van der Waals surface area contributed by atoms with Crippen LogP contribution in [0.3, 0.4) is 0 Å². The number of methoxy groups -OCH3 is 1. The van der Waals surface area contributed by atoms with Gasteiger partial charge in [-0.15, -0.1) is 0 Å². The highest BCUT2D eigenvalue weighted by Gasteiger charge is 2.06. The molecule has 15 heavy (non-hydrogen) atoms. The van der Waals surface area contributed by atoms with Crippen LogP contribution in [0.15, 0.2) is 18.2 Å². The Morgan fingerprint density at radius 2 is 2.33 bits per heavy atom. The average molecular weight is 208 g/mol. The Morgan fingerprint density at radius 3 is 3.00 bits per heavy atom. The first-order valence-corrected chi connectivity index (χ1v) is 5.07. The highest BCUT2D eigenvalue weighted by atomic mass is 16.5. The molecule has 4 nitrogen and oxygen atoms in total. The van der Waals surface area contributed by atoms with Gasteiger partial charge in [-0.3, -0.25) is 0 Å². The van der Waals surface area contributed by atoms with Crippen LogP contribution in [-0.2, 0) is 4.74 Å². The number of anilines is 1. The monoisotopic (exact) mass is 208 g/mol. The van der Waals surface area contributed by atoms with Gasteiger partial charge in [0.05, 0.1) is 7.11 Å². The van der Waals surface area contributed by atoms with Crippen LogP contribution < -0.4 is 5.32 Å². The van der Waals surface area contributed by atoms with Crippen molar-refractivity contribution < 1.29 is 9.53 Å². The summed E-state index contributed by atoms with van der Waals surface area (Å²) in [6.45, 7) is 2.99. The molecule has 0 atom stereocenters. The third-order valence-electron chi connectivity index (χ3n) is 1.98. The van der Waals surface area contributed by atoms with Gasteiger partial charge in [-0.2, -0.15) is 0 Å². The van der Waals surface area contributed by atoms with Crippen LogP contribution in [0.1, 0.15) is 30.3 Å². The molecule has 0 spiro atoms. The van der Waals surface area contributed by atoms with E-state index in [9.17, 15) is 4.79 Å². The first kappa shape index (κ1) is 11.5. The number of ether oxygens (including phenoxy) is 1. The summed E-state index contributed by atoms with van der Waals surface area (Å²) in [6, 6.07) is 5.26. The van der Waals surface area contributed by atoms with Gasteiger partial charge in [-0.05, 0) is 18.6 Å². The van der Waals surface area contributed by atoms with Gasteiger partial charge in [0.2, 0.25) is 0 Å². The third-order valence-corrected chi connectivity index (χ3v) is 1.98. The van der Waals surface area contributed by atoms with Crippen molar-refractivity contribution in [2.45, 2.75) is 19.8 Å². The second-order valence-corrected chi connectivity index (χ2v) is 3.18. The predicted molar refractivity (Wildman–Crippen MR) is 59.0 cm³/mol. The lowest BCUT2D eigenvalue weighted by atomic mass is 10.3. The summed E-state index contributed by atoms with van der Waals surface area (Å²) in [4.78, 5) is 15.3. The molecule has 1 rings (SSSR count). The van der Waals surface area contributed by atoms with E-state index in [0.29, 0.717) is 11.5 Å². The van der Waals surface area contributed by atoms with Gasteiger partial charge in [0.25, 0.3) is 0 Å². The lowest BCUT2D eigenvalue weighted by molar-refractivity contribution is 0.0594. The molecular weight excluding hydrogens is 192 g/mol. The molecule has 0 bridgehead atoms. The van der Waals surface area contributed by atoms with Crippen LogP contribution >= 0.6 is 0 Å². The van der Waals surface area contributed by atoms with Gasteiger partial charge >= 0.3 is 5.97 Å². The highest BCUT2D eigenvalue weighted by molar-refractivity contribution is 5.87. The Hall–Kier alpha value is -1.58. The maximum Gasteiger partial charge on any atom is 0.356 e. The van der Waals surface area contributed by atoms with Crippen molar-refractivity contribution in [3.8, 4) is 0 Å². The number of nitrogens with zero attached hydrogens (tertiary/aromatic N) is 1. The highest BCUT2D eigenvalue weighted by Crippen LogP contribution is 2.06.